The molecule has 0 N–H and O–H groups in total. The Balaban J connectivity index is 1.71. The molecule has 28 heavy (non-hydrogen) atoms. The molecule has 0 aliphatic carbocycles. The van der Waals surface area contributed by atoms with Crippen LogP contribution in [0.4, 0.5) is 11.4 Å². The second-order valence-electron chi connectivity index (χ2n) is 6.99. The molecule has 0 unspecified atom stereocenters. The molecule has 0 saturated carbocycles. The molecule has 2 aliphatic rings. The van der Waals surface area contributed by atoms with Gasteiger partial charge >= 0.3 is 0 Å². The second kappa shape index (κ2) is 8.46. The van der Waals surface area contributed by atoms with E-state index in [1.54, 1.807) is 30.7 Å². The van der Waals surface area contributed by atoms with Gasteiger partial charge in [0, 0.05) is 26.2 Å². The van der Waals surface area contributed by atoms with Crippen molar-refractivity contribution in [2.75, 3.05) is 44.3 Å². The number of morpholine rings is 1. The first-order chi connectivity index (χ1) is 13.6. The maximum atomic E-state index is 13.4. The Labute approximate surface area is 165 Å². The topological polar surface area (TPSA) is 75.4 Å². The van der Waals surface area contributed by atoms with Crippen LogP contribution in [0.1, 0.15) is 25.0 Å². The maximum Gasteiger partial charge on any atom is 0.245 e. The van der Waals surface area contributed by atoms with Crippen molar-refractivity contribution in [2.24, 2.45) is 4.99 Å². The van der Waals surface area contributed by atoms with Crippen LogP contribution in [0.2, 0.25) is 0 Å². The molecule has 0 amide bonds. The van der Waals surface area contributed by atoms with Gasteiger partial charge in [-0.25, -0.2) is 8.42 Å². The van der Waals surface area contributed by atoms with Gasteiger partial charge in [0.15, 0.2) is 0 Å². The van der Waals surface area contributed by atoms with Gasteiger partial charge in [-0.1, -0.05) is 0 Å². The van der Waals surface area contributed by atoms with Crippen LogP contribution in [0.15, 0.2) is 50.9 Å². The lowest BCUT2D eigenvalue weighted by molar-refractivity contribution is 0.0730. The van der Waals surface area contributed by atoms with Crippen molar-refractivity contribution in [3.63, 3.8) is 0 Å². The van der Waals surface area contributed by atoms with E-state index in [0.29, 0.717) is 42.6 Å². The third-order valence-electron chi connectivity index (χ3n) is 5.11. The number of ether oxygens (including phenoxy) is 1. The standard InChI is InChI=1S/C20H25N3O4S/c24-28(25,23-10-13-26-14-11-23)20-15-17(21-16-18-5-4-12-27-18)6-7-19(20)22-8-2-1-3-9-22/h4-7,12,15-16H,1-3,8-11,13-14H2. The number of benzene rings is 1. The van der Waals surface area contributed by atoms with E-state index >= 15 is 0 Å². The van der Waals surface area contributed by atoms with Crippen LogP contribution >= 0.6 is 0 Å². The summed E-state index contributed by atoms with van der Waals surface area (Å²) in [4.78, 5) is 6.91. The lowest BCUT2D eigenvalue weighted by Crippen LogP contribution is -2.41. The molecule has 150 valence electrons. The number of rotatable bonds is 5. The molecule has 0 spiro atoms. The highest BCUT2D eigenvalue weighted by molar-refractivity contribution is 7.89. The molecular formula is C20H25N3O4S. The number of hydrogen-bond donors (Lipinski definition) is 0. The molecule has 0 atom stereocenters. The zero-order valence-electron chi connectivity index (χ0n) is 15.8. The van der Waals surface area contributed by atoms with Gasteiger partial charge in [0.25, 0.3) is 0 Å². The molecule has 2 aromatic rings. The summed E-state index contributed by atoms with van der Waals surface area (Å²) in [6.07, 6.45) is 6.52. The van der Waals surface area contributed by atoms with Crippen LogP contribution in [-0.2, 0) is 14.8 Å². The first-order valence-electron chi connectivity index (χ1n) is 9.69. The molecule has 1 aromatic heterocycles. The van der Waals surface area contributed by atoms with Gasteiger partial charge in [0.05, 0.1) is 37.1 Å². The molecule has 0 radical (unpaired) electrons. The quantitative estimate of drug-likeness (QED) is 0.718. The Morgan fingerprint density at radius 1 is 1.00 bits per heavy atom. The Morgan fingerprint density at radius 2 is 1.79 bits per heavy atom. The summed E-state index contributed by atoms with van der Waals surface area (Å²) in [6.45, 7) is 3.35. The fraction of sp³-hybridized carbons (Fsp3) is 0.450. The molecule has 2 saturated heterocycles. The minimum Gasteiger partial charge on any atom is -0.463 e. The van der Waals surface area contributed by atoms with Crippen molar-refractivity contribution in [1.29, 1.82) is 0 Å². The monoisotopic (exact) mass is 403 g/mol. The van der Waals surface area contributed by atoms with Gasteiger partial charge in [-0.2, -0.15) is 4.31 Å². The summed E-state index contributed by atoms with van der Waals surface area (Å²) in [5.74, 6) is 0.623. The van der Waals surface area contributed by atoms with Crippen molar-refractivity contribution in [3.8, 4) is 0 Å². The molecule has 4 rings (SSSR count). The SMILES string of the molecule is O=S(=O)(c1cc(N=Cc2ccco2)ccc1N1CCCCC1)N1CCOCC1. The molecular weight excluding hydrogens is 378 g/mol. The van der Waals surface area contributed by atoms with E-state index in [1.165, 1.54) is 10.7 Å². The van der Waals surface area contributed by atoms with Crippen molar-refractivity contribution >= 4 is 27.6 Å². The number of piperidine rings is 1. The number of aliphatic imine (C=N–C) groups is 1. The van der Waals surface area contributed by atoms with E-state index in [2.05, 4.69) is 9.89 Å². The van der Waals surface area contributed by atoms with Gasteiger partial charge in [0.1, 0.15) is 10.7 Å². The third-order valence-corrected chi connectivity index (χ3v) is 7.04. The summed E-state index contributed by atoms with van der Waals surface area (Å²) < 4.78 is 38.9. The normalized spacial score (nSPS) is 19.4. The average molecular weight is 404 g/mol. The minimum atomic E-state index is -3.62. The molecule has 1 aromatic carbocycles. The third kappa shape index (κ3) is 4.14. The molecule has 2 fully saturated rings. The van der Waals surface area contributed by atoms with Crippen molar-refractivity contribution in [3.05, 3.63) is 42.4 Å². The number of sulfonamides is 1. The van der Waals surface area contributed by atoms with Gasteiger partial charge in [-0.3, -0.25) is 4.99 Å². The largest absolute Gasteiger partial charge is 0.463 e. The van der Waals surface area contributed by atoms with E-state index in [9.17, 15) is 8.42 Å². The lowest BCUT2D eigenvalue weighted by Gasteiger charge is -2.32. The van der Waals surface area contributed by atoms with E-state index in [1.807, 2.05) is 12.1 Å². The average Bonchev–Trinajstić information content (AvgIpc) is 3.27. The number of anilines is 1. The van der Waals surface area contributed by atoms with E-state index < -0.39 is 10.0 Å². The zero-order valence-corrected chi connectivity index (χ0v) is 16.6. The van der Waals surface area contributed by atoms with Gasteiger partial charge in [-0.05, 0) is 49.6 Å². The molecule has 3 heterocycles. The summed E-state index contributed by atoms with van der Waals surface area (Å²) in [7, 11) is -3.62. The summed E-state index contributed by atoms with van der Waals surface area (Å²) in [6, 6.07) is 9.01. The maximum absolute atomic E-state index is 13.4. The Morgan fingerprint density at radius 3 is 2.50 bits per heavy atom. The Bertz CT molecular complexity index is 913. The van der Waals surface area contributed by atoms with Crippen molar-refractivity contribution in [1.82, 2.24) is 4.31 Å². The van der Waals surface area contributed by atoms with Gasteiger partial charge < -0.3 is 14.1 Å². The fourth-order valence-corrected chi connectivity index (χ4v) is 5.25. The van der Waals surface area contributed by atoms with Gasteiger partial charge in [0.2, 0.25) is 10.0 Å². The van der Waals surface area contributed by atoms with Crippen LogP contribution in [-0.4, -0.2) is 58.3 Å². The van der Waals surface area contributed by atoms with Crippen LogP contribution in [0.5, 0.6) is 0 Å². The summed E-state index contributed by atoms with van der Waals surface area (Å²) in [5, 5.41) is 0. The molecule has 0 bridgehead atoms. The van der Waals surface area contributed by atoms with E-state index in [4.69, 9.17) is 9.15 Å². The Kier molecular flexibility index (Phi) is 5.79. The zero-order chi connectivity index (χ0) is 19.4. The predicted octanol–water partition coefficient (Wildman–Crippen LogP) is 3.04. The second-order valence-corrected chi connectivity index (χ2v) is 8.90. The van der Waals surface area contributed by atoms with Crippen molar-refractivity contribution in [2.45, 2.75) is 24.2 Å². The minimum absolute atomic E-state index is 0.324. The molecule has 8 heteroatoms. The summed E-state index contributed by atoms with van der Waals surface area (Å²) in [5.41, 5.74) is 1.35. The number of hydrogen-bond acceptors (Lipinski definition) is 6. The van der Waals surface area contributed by atoms with Crippen LogP contribution in [0.3, 0.4) is 0 Å². The highest BCUT2D eigenvalue weighted by Crippen LogP contribution is 2.33. The fourth-order valence-electron chi connectivity index (χ4n) is 3.61. The van der Waals surface area contributed by atoms with Crippen LogP contribution < -0.4 is 4.90 Å². The smallest absolute Gasteiger partial charge is 0.245 e. The number of furan rings is 1. The highest BCUT2D eigenvalue weighted by Gasteiger charge is 2.30. The molecule has 7 nitrogen and oxygen atoms in total. The van der Waals surface area contributed by atoms with E-state index in [-0.39, 0.29) is 0 Å². The van der Waals surface area contributed by atoms with E-state index in [0.717, 1.165) is 31.6 Å². The first-order valence-corrected chi connectivity index (χ1v) is 11.1. The molecule has 2 aliphatic heterocycles. The van der Waals surface area contributed by atoms with Gasteiger partial charge in [-0.15, -0.1) is 0 Å². The Hall–Kier alpha value is -2.16. The van der Waals surface area contributed by atoms with Crippen LogP contribution in [0.25, 0.3) is 0 Å². The first kappa shape index (κ1) is 19.2. The predicted molar refractivity (Wildman–Crippen MR) is 108 cm³/mol. The van der Waals surface area contributed by atoms with Crippen molar-refractivity contribution < 1.29 is 17.6 Å². The van der Waals surface area contributed by atoms with Crippen LogP contribution in [0, 0.1) is 0 Å². The lowest BCUT2D eigenvalue weighted by atomic mass is 10.1. The number of nitrogens with zero attached hydrogens (tertiary/aromatic N) is 3. The summed E-state index contributed by atoms with van der Waals surface area (Å²) >= 11 is 0. The highest BCUT2D eigenvalue weighted by atomic mass is 32.2.